The van der Waals surface area contributed by atoms with Gasteiger partial charge in [0.15, 0.2) is 17.5 Å². The molecule has 9 rings (SSSR count). The van der Waals surface area contributed by atoms with E-state index in [0.717, 1.165) is 21.9 Å². The van der Waals surface area contributed by atoms with Crippen LogP contribution >= 0.6 is 11.3 Å². The van der Waals surface area contributed by atoms with Crippen LogP contribution in [0.5, 0.6) is 0 Å². The predicted molar refractivity (Wildman–Crippen MR) is 182 cm³/mol. The Morgan fingerprint density at radius 1 is 0.500 bits per heavy atom. The molecule has 3 aromatic heterocycles. The molecule has 6 aromatic carbocycles. The van der Waals surface area contributed by atoms with Crippen LogP contribution in [0.4, 0.5) is 0 Å². The monoisotopic (exact) mass is 586 g/mol. The highest BCUT2D eigenvalue weighted by Crippen LogP contribution is 2.45. The highest BCUT2D eigenvalue weighted by atomic mass is 32.1. The molecule has 0 amide bonds. The van der Waals surface area contributed by atoms with Crippen LogP contribution in [0.3, 0.4) is 0 Å². The van der Waals surface area contributed by atoms with Crippen molar-refractivity contribution in [2.45, 2.75) is 0 Å². The van der Waals surface area contributed by atoms with Gasteiger partial charge in [-0.05, 0) is 23.8 Å². The van der Waals surface area contributed by atoms with Crippen molar-refractivity contribution in [2.24, 2.45) is 0 Å². The van der Waals surface area contributed by atoms with E-state index in [9.17, 15) is 0 Å². The first-order valence-electron chi connectivity index (χ1n) is 16.6. The lowest BCUT2D eigenvalue weighted by Crippen LogP contribution is -2.00. The average molecular weight is 587 g/mol. The van der Waals surface area contributed by atoms with E-state index in [2.05, 4.69) is 53.5 Å². The van der Waals surface area contributed by atoms with Gasteiger partial charge in [-0.25, -0.2) is 15.0 Å². The van der Waals surface area contributed by atoms with Crippen LogP contribution < -0.4 is 0 Å². The number of rotatable bonds is 4. The van der Waals surface area contributed by atoms with Crippen LogP contribution in [-0.2, 0) is 0 Å². The number of aromatic nitrogens is 3. The first-order chi connectivity index (χ1) is 23.9. The van der Waals surface area contributed by atoms with Crippen LogP contribution in [0.25, 0.3) is 87.4 Å². The second-order valence-corrected chi connectivity index (χ2v) is 11.5. The highest BCUT2D eigenvalue weighted by molar-refractivity contribution is 7.26. The van der Waals surface area contributed by atoms with Crippen LogP contribution in [-0.4, -0.2) is 15.0 Å². The van der Waals surface area contributed by atoms with E-state index in [4.69, 9.17) is 21.2 Å². The molecule has 0 unspecified atom stereocenters. The SMILES string of the molecule is [2H]c1c([2H])c([2H])c(-c2nc(-c3ccccc3)nc(-c3cccc4oc5cccc(-c6cccc7c6sc6ccccc67)c5c34)n2)c([2H])c1[2H]. The van der Waals surface area contributed by atoms with Gasteiger partial charge in [0, 0.05) is 53.2 Å². The minimum absolute atomic E-state index is 0.0130. The number of hydrogen-bond acceptors (Lipinski definition) is 5. The van der Waals surface area contributed by atoms with Crippen molar-refractivity contribution in [2.75, 3.05) is 0 Å². The standard InChI is InChI=1S/C39H23N3OS/c1-3-12-24(13-4-1)37-40-38(25-14-5-2-6-15-25)42-39(41-37)30-20-11-22-32-35(30)34-27(17-10-21-31(34)43-32)29-19-9-18-28-26-16-7-8-23-33(26)44-36(28)29/h1-23H/i1D,3D,4D,12D,13D. The Morgan fingerprint density at radius 2 is 1.11 bits per heavy atom. The molecule has 0 saturated heterocycles. The minimum atomic E-state index is -0.480. The topological polar surface area (TPSA) is 51.8 Å². The maximum absolute atomic E-state index is 8.68. The second kappa shape index (κ2) is 9.97. The third kappa shape index (κ3) is 3.94. The minimum Gasteiger partial charge on any atom is -0.456 e. The molecule has 206 valence electrons. The number of benzene rings is 6. The number of nitrogens with zero attached hydrogens (tertiary/aromatic N) is 3. The van der Waals surface area contributed by atoms with Gasteiger partial charge in [0.1, 0.15) is 11.2 Å². The molecule has 3 heterocycles. The number of furan rings is 1. The summed E-state index contributed by atoms with van der Waals surface area (Å²) in [4.78, 5) is 14.4. The summed E-state index contributed by atoms with van der Waals surface area (Å²) in [6, 6.07) is 33.8. The fourth-order valence-corrected chi connectivity index (χ4v) is 7.15. The Kier molecular flexibility index (Phi) is 4.60. The van der Waals surface area contributed by atoms with Gasteiger partial charge in [-0.2, -0.15) is 0 Å². The van der Waals surface area contributed by atoms with Crippen molar-refractivity contribution in [1.29, 1.82) is 0 Å². The molecule has 0 aliphatic carbocycles. The molecule has 0 saturated carbocycles. The van der Waals surface area contributed by atoms with Gasteiger partial charge in [0.05, 0.1) is 6.85 Å². The molecule has 0 spiro atoms. The van der Waals surface area contributed by atoms with Gasteiger partial charge in [-0.1, -0.05) is 121 Å². The van der Waals surface area contributed by atoms with E-state index >= 15 is 0 Å². The van der Waals surface area contributed by atoms with Crippen LogP contribution in [0, 0.1) is 0 Å². The van der Waals surface area contributed by atoms with Gasteiger partial charge in [-0.15, -0.1) is 11.3 Å². The third-order valence-corrected chi connectivity index (χ3v) is 9.07. The van der Waals surface area contributed by atoms with Crippen molar-refractivity contribution < 1.29 is 11.3 Å². The Balaban J connectivity index is 1.36. The number of thiophene rings is 1. The summed E-state index contributed by atoms with van der Waals surface area (Å²) in [5, 5.41) is 4.12. The van der Waals surface area contributed by atoms with E-state index in [0.29, 0.717) is 33.9 Å². The van der Waals surface area contributed by atoms with E-state index < -0.39 is 18.1 Å². The Hall–Kier alpha value is -5.65. The normalized spacial score (nSPS) is 13.2. The molecule has 0 aliphatic rings. The zero-order valence-corrected chi connectivity index (χ0v) is 23.9. The van der Waals surface area contributed by atoms with Crippen LogP contribution in [0.15, 0.2) is 144 Å². The number of hydrogen-bond donors (Lipinski definition) is 0. The summed E-state index contributed by atoms with van der Waals surface area (Å²) < 4.78 is 50.9. The lowest BCUT2D eigenvalue weighted by molar-refractivity contribution is 0.669. The molecule has 0 bridgehead atoms. The van der Waals surface area contributed by atoms with Crippen molar-refractivity contribution in [3.63, 3.8) is 0 Å². The molecule has 44 heavy (non-hydrogen) atoms. The molecule has 0 atom stereocenters. The average Bonchev–Trinajstić information content (AvgIpc) is 3.72. The fraction of sp³-hybridized carbons (Fsp3) is 0. The van der Waals surface area contributed by atoms with Gasteiger partial charge >= 0.3 is 0 Å². The van der Waals surface area contributed by atoms with Gasteiger partial charge in [0.2, 0.25) is 0 Å². The first kappa shape index (κ1) is 20.3. The van der Waals surface area contributed by atoms with E-state index in [1.165, 1.54) is 20.2 Å². The summed E-state index contributed by atoms with van der Waals surface area (Å²) in [5.41, 5.74) is 4.72. The summed E-state index contributed by atoms with van der Waals surface area (Å²) in [6.07, 6.45) is 0. The van der Waals surface area contributed by atoms with Crippen molar-refractivity contribution in [1.82, 2.24) is 15.0 Å². The van der Waals surface area contributed by atoms with E-state index in [-0.39, 0.29) is 23.5 Å². The summed E-state index contributed by atoms with van der Waals surface area (Å²) >= 11 is 1.76. The summed E-state index contributed by atoms with van der Waals surface area (Å²) in [5.74, 6) is 0.590. The zero-order valence-electron chi connectivity index (χ0n) is 28.1. The van der Waals surface area contributed by atoms with Crippen molar-refractivity contribution in [3.05, 3.63) is 139 Å². The molecular formula is C39H23N3OS. The molecule has 4 nitrogen and oxygen atoms in total. The van der Waals surface area contributed by atoms with E-state index in [1.807, 2.05) is 60.7 Å². The maximum atomic E-state index is 8.68. The fourth-order valence-electron chi connectivity index (χ4n) is 5.92. The molecule has 5 heteroatoms. The van der Waals surface area contributed by atoms with Crippen LogP contribution in [0.1, 0.15) is 6.85 Å². The lowest BCUT2D eigenvalue weighted by Gasteiger charge is -2.10. The van der Waals surface area contributed by atoms with Gasteiger partial charge < -0.3 is 4.42 Å². The molecule has 0 aliphatic heterocycles. The third-order valence-electron chi connectivity index (χ3n) is 7.85. The van der Waals surface area contributed by atoms with Gasteiger partial charge in [0.25, 0.3) is 0 Å². The second-order valence-electron chi connectivity index (χ2n) is 10.4. The zero-order chi connectivity index (χ0) is 33.4. The molecule has 0 N–H and O–H groups in total. The van der Waals surface area contributed by atoms with E-state index in [1.54, 1.807) is 11.3 Å². The van der Waals surface area contributed by atoms with Crippen LogP contribution in [0.2, 0.25) is 0 Å². The highest BCUT2D eigenvalue weighted by Gasteiger charge is 2.21. The van der Waals surface area contributed by atoms with Crippen molar-refractivity contribution >= 4 is 53.4 Å². The molecular weight excluding hydrogens is 559 g/mol. The molecule has 9 aromatic rings. The predicted octanol–water partition coefficient (Wildman–Crippen LogP) is 10.8. The largest absolute Gasteiger partial charge is 0.456 e. The quantitative estimate of drug-likeness (QED) is 0.206. The molecule has 0 radical (unpaired) electrons. The Labute approximate surface area is 264 Å². The lowest BCUT2D eigenvalue weighted by atomic mass is 9.96. The summed E-state index contributed by atoms with van der Waals surface area (Å²) in [6.45, 7) is 0. The van der Waals surface area contributed by atoms with Gasteiger partial charge in [-0.3, -0.25) is 0 Å². The maximum Gasteiger partial charge on any atom is 0.164 e. The molecule has 0 fully saturated rings. The smallest absolute Gasteiger partial charge is 0.164 e. The number of fused-ring (bicyclic) bond motifs is 6. The summed E-state index contributed by atoms with van der Waals surface area (Å²) in [7, 11) is 0. The van der Waals surface area contributed by atoms with Crippen molar-refractivity contribution in [3.8, 4) is 45.3 Å². The Bertz CT molecular complexity index is 2770. The Morgan fingerprint density at radius 3 is 1.93 bits per heavy atom. The first-order valence-corrected chi connectivity index (χ1v) is 14.9.